The third kappa shape index (κ3) is 3.71. The summed E-state index contributed by atoms with van der Waals surface area (Å²) in [7, 11) is 0. The van der Waals surface area contributed by atoms with Crippen molar-refractivity contribution in [2.45, 2.75) is 26.3 Å². The SMILES string of the molecule is CCNC(Cc1ccc(F)cc1Cl)c1c(C)ccnc1N. The second-order valence-corrected chi connectivity index (χ2v) is 5.38. The van der Waals surface area contributed by atoms with E-state index in [-0.39, 0.29) is 11.9 Å². The summed E-state index contributed by atoms with van der Waals surface area (Å²) in [6.45, 7) is 4.82. The van der Waals surface area contributed by atoms with Gasteiger partial charge in [-0.05, 0) is 49.2 Å². The number of halogens is 2. The number of rotatable bonds is 5. The summed E-state index contributed by atoms with van der Waals surface area (Å²) in [5.74, 6) is 0.181. The molecule has 0 aliphatic rings. The van der Waals surface area contributed by atoms with Gasteiger partial charge in [-0.2, -0.15) is 0 Å². The molecule has 21 heavy (non-hydrogen) atoms. The summed E-state index contributed by atoms with van der Waals surface area (Å²) < 4.78 is 13.2. The second kappa shape index (κ2) is 6.87. The van der Waals surface area contributed by atoms with Gasteiger partial charge in [0.1, 0.15) is 11.6 Å². The minimum absolute atomic E-state index is 0.00772. The number of anilines is 1. The van der Waals surface area contributed by atoms with Gasteiger partial charge < -0.3 is 11.1 Å². The van der Waals surface area contributed by atoms with E-state index in [4.69, 9.17) is 17.3 Å². The van der Waals surface area contributed by atoms with E-state index in [9.17, 15) is 4.39 Å². The molecule has 0 spiro atoms. The van der Waals surface area contributed by atoms with Crippen molar-refractivity contribution < 1.29 is 4.39 Å². The highest BCUT2D eigenvalue weighted by atomic mass is 35.5. The zero-order valence-electron chi connectivity index (χ0n) is 12.2. The molecule has 1 heterocycles. The Morgan fingerprint density at radius 2 is 2.14 bits per heavy atom. The summed E-state index contributed by atoms with van der Waals surface area (Å²) in [5.41, 5.74) is 8.95. The van der Waals surface area contributed by atoms with Crippen LogP contribution in [0.5, 0.6) is 0 Å². The van der Waals surface area contributed by atoms with Gasteiger partial charge in [-0.15, -0.1) is 0 Å². The highest BCUT2D eigenvalue weighted by Crippen LogP contribution is 2.28. The number of hydrogen-bond acceptors (Lipinski definition) is 3. The summed E-state index contributed by atoms with van der Waals surface area (Å²) in [6.07, 6.45) is 2.33. The summed E-state index contributed by atoms with van der Waals surface area (Å²) in [6, 6.07) is 6.39. The van der Waals surface area contributed by atoms with E-state index in [0.717, 1.165) is 23.2 Å². The zero-order valence-corrected chi connectivity index (χ0v) is 12.9. The molecule has 0 fully saturated rings. The topological polar surface area (TPSA) is 50.9 Å². The summed E-state index contributed by atoms with van der Waals surface area (Å²) in [5, 5.41) is 3.83. The summed E-state index contributed by atoms with van der Waals surface area (Å²) in [4.78, 5) is 4.17. The largest absolute Gasteiger partial charge is 0.383 e. The number of nitrogens with one attached hydrogen (secondary N) is 1. The molecule has 0 aliphatic carbocycles. The number of aromatic nitrogens is 1. The van der Waals surface area contributed by atoms with E-state index >= 15 is 0 Å². The Morgan fingerprint density at radius 3 is 2.76 bits per heavy atom. The lowest BCUT2D eigenvalue weighted by Crippen LogP contribution is -2.25. The first-order valence-electron chi connectivity index (χ1n) is 6.91. The van der Waals surface area contributed by atoms with Crippen LogP contribution in [0.15, 0.2) is 30.5 Å². The van der Waals surface area contributed by atoms with Crippen LogP contribution in [0.4, 0.5) is 10.2 Å². The molecule has 1 unspecified atom stereocenters. The predicted molar refractivity (Wildman–Crippen MR) is 84.9 cm³/mol. The number of likely N-dealkylation sites (N-methyl/N-ethyl adjacent to an activating group) is 1. The van der Waals surface area contributed by atoms with Crippen LogP contribution in [0, 0.1) is 12.7 Å². The number of aryl methyl sites for hydroxylation is 1. The number of pyridine rings is 1. The first kappa shape index (κ1) is 15.7. The lowest BCUT2D eigenvalue weighted by Gasteiger charge is -2.22. The van der Waals surface area contributed by atoms with Crippen LogP contribution in [-0.4, -0.2) is 11.5 Å². The molecule has 0 saturated carbocycles. The van der Waals surface area contributed by atoms with Crippen LogP contribution in [0.2, 0.25) is 5.02 Å². The maximum Gasteiger partial charge on any atom is 0.128 e. The highest BCUT2D eigenvalue weighted by molar-refractivity contribution is 6.31. The highest BCUT2D eigenvalue weighted by Gasteiger charge is 2.18. The third-order valence-electron chi connectivity index (χ3n) is 3.48. The molecule has 0 radical (unpaired) electrons. The smallest absolute Gasteiger partial charge is 0.128 e. The number of benzene rings is 1. The molecule has 0 amide bonds. The maximum atomic E-state index is 13.2. The average Bonchev–Trinajstić information content (AvgIpc) is 2.41. The van der Waals surface area contributed by atoms with Gasteiger partial charge in [0.05, 0.1) is 0 Å². The average molecular weight is 308 g/mol. The Hall–Kier alpha value is -1.65. The lowest BCUT2D eigenvalue weighted by atomic mass is 9.96. The van der Waals surface area contributed by atoms with Crippen LogP contribution in [-0.2, 0) is 6.42 Å². The van der Waals surface area contributed by atoms with Crippen LogP contribution in [0.3, 0.4) is 0 Å². The zero-order chi connectivity index (χ0) is 15.4. The minimum Gasteiger partial charge on any atom is -0.383 e. The van der Waals surface area contributed by atoms with Gasteiger partial charge >= 0.3 is 0 Å². The van der Waals surface area contributed by atoms with Crippen LogP contribution in [0.25, 0.3) is 0 Å². The van der Waals surface area contributed by atoms with Crippen LogP contribution >= 0.6 is 11.6 Å². The minimum atomic E-state index is -0.333. The second-order valence-electron chi connectivity index (χ2n) is 4.98. The fraction of sp³-hybridized carbons (Fsp3) is 0.312. The van der Waals surface area contributed by atoms with Crippen molar-refractivity contribution in [2.75, 3.05) is 12.3 Å². The fourth-order valence-electron chi connectivity index (χ4n) is 2.47. The molecule has 2 rings (SSSR count). The Morgan fingerprint density at radius 1 is 1.38 bits per heavy atom. The Labute approximate surface area is 129 Å². The lowest BCUT2D eigenvalue weighted by molar-refractivity contribution is 0.546. The number of nitrogens with two attached hydrogens (primary N) is 1. The fourth-order valence-corrected chi connectivity index (χ4v) is 2.72. The van der Waals surface area contributed by atoms with Gasteiger partial charge in [0.25, 0.3) is 0 Å². The Kier molecular flexibility index (Phi) is 5.15. The summed E-state index contributed by atoms with van der Waals surface area (Å²) >= 11 is 6.13. The van der Waals surface area contributed by atoms with Gasteiger partial charge in [0.2, 0.25) is 0 Å². The van der Waals surface area contributed by atoms with E-state index < -0.39 is 0 Å². The van der Waals surface area contributed by atoms with Crippen molar-refractivity contribution in [3.63, 3.8) is 0 Å². The van der Waals surface area contributed by atoms with Crippen molar-refractivity contribution in [3.05, 3.63) is 58.0 Å². The Bertz CT molecular complexity index is 611. The van der Waals surface area contributed by atoms with Crippen molar-refractivity contribution in [1.29, 1.82) is 0 Å². The first-order chi connectivity index (χ1) is 10.0. The van der Waals surface area contributed by atoms with E-state index in [1.165, 1.54) is 12.1 Å². The first-order valence-corrected chi connectivity index (χ1v) is 7.29. The molecule has 0 bridgehead atoms. The molecule has 2 aromatic rings. The number of hydrogen-bond donors (Lipinski definition) is 2. The van der Waals surface area contributed by atoms with Crippen molar-refractivity contribution >= 4 is 17.4 Å². The maximum absolute atomic E-state index is 13.2. The number of nitrogen functional groups attached to an aromatic ring is 1. The Balaban J connectivity index is 2.35. The molecular formula is C16H19ClFN3. The molecule has 5 heteroatoms. The molecule has 3 N–H and O–H groups in total. The normalized spacial score (nSPS) is 12.4. The van der Waals surface area contributed by atoms with Gasteiger partial charge in [-0.3, -0.25) is 0 Å². The van der Waals surface area contributed by atoms with Gasteiger partial charge in [-0.25, -0.2) is 9.37 Å². The van der Waals surface area contributed by atoms with Crippen molar-refractivity contribution in [1.82, 2.24) is 10.3 Å². The predicted octanol–water partition coefficient (Wildman–Crippen LogP) is 3.66. The molecule has 3 nitrogen and oxygen atoms in total. The molecule has 0 aliphatic heterocycles. The van der Waals surface area contributed by atoms with Crippen molar-refractivity contribution in [3.8, 4) is 0 Å². The quantitative estimate of drug-likeness (QED) is 0.886. The molecule has 1 atom stereocenters. The standard InChI is InChI=1S/C16H19ClFN3/c1-3-20-14(15-10(2)6-7-21-16(15)19)8-11-4-5-12(18)9-13(11)17/h4-7,9,14,20H,3,8H2,1-2H3,(H2,19,21). The van der Waals surface area contributed by atoms with Crippen LogP contribution in [0.1, 0.15) is 29.7 Å². The van der Waals surface area contributed by atoms with Crippen molar-refractivity contribution in [2.24, 2.45) is 0 Å². The number of nitrogens with zero attached hydrogens (tertiary/aromatic N) is 1. The van der Waals surface area contributed by atoms with Gasteiger partial charge in [0, 0.05) is 22.8 Å². The molecule has 112 valence electrons. The van der Waals surface area contributed by atoms with Gasteiger partial charge in [0.15, 0.2) is 0 Å². The molecular weight excluding hydrogens is 289 g/mol. The van der Waals surface area contributed by atoms with E-state index in [1.54, 1.807) is 12.3 Å². The monoisotopic (exact) mass is 307 g/mol. The molecule has 0 saturated heterocycles. The van der Waals surface area contributed by atoms with E-state index in [1.807, 2.05) is 19.9 Å². The third-order valence-corrected chi connectivity index (χ3v) is 3.83. The van der Waals surface area contributed by atoms with E-state index in [2.05, 4.69) is 10.3 Å². The van der Waals surface area contributed by atoms with E-state index in [0.29, 0.717) is 17.3 Å². The molecule has 1 aromatic heterocycles. The van der Waals surface area contributed by atoms with Crippen LogP contribution < -0.4 is 11.1 Å². The van der Waals surface area contributed by atoms with Gasteiger partial charge in [-0.1, -0.05) is 24.6 Å². The molecule has 1 aromatic carbocycles.